The van der Waals surface area contributed by atoms with E-state index in [2.05, 4.69) is 10.6 Å². The lowest BCUT2D eigenvalue weighted by molar-refractivity contribution is -0.117. The summed E-state index contributed by atoms with van der Waals surface area (Å²) in [6.45, 7) is 2.96. The zero-order chi connectivity index (χ0) is 15.1. The predicted molar refractivity (Wildman–Crippen MR) is 89.9 cm³/mol. The number of carbonyl (C=O) groups excluding carboxylic acids is 1. The number of benzene rings is 1. The molecular formula is C15H20Cl2N2O3. The van der Waals surface area contributed by atoms with Crippen LogP contribution in [0.25, 0.3) is 6.08 Å². The molecule has 0 fully saturated rings. The summed E-state index contributed by atoms with van der Waals surface area (Å²) < 4.78 is 10.5. The molecule has 0 saturated carbocycles. The minimum atomic E-state index is -0.117. The summed E-state index contributed by atoms with van der Waals surface area (Å²) in [4.78, 5) is 12.0. The second kappa shape index (κ2) is 9.69. The summed E-state index contributed by atoms with van der Waals surface area (Å²) in [5.41, 5.74) is 1.43. The number of hydrogen-bond donors (Lipinski definition) is 2. The number of carbonyl (C=O) groups is 1. The van der Waals surface area contributed by atoms with Gasteiger partial charge in [0.25, 0.3) is 5.91 Å². The average Bonchev–Trinajstić information content (AvgIpc) is 2.49. The van der Waals surface area contributed by atoms with Crippen LogP contribution >= 0.6 is 24.0 Å². The molecule has 1 heterocycles. The van der Waals surface area contributed by atoms with Gasteiger partial charge in [0.2, 0.25) is 0 Å². The number of methoxy groups -OCH3 is 1. The third-order valence-electron chi connectivity index (χ3n) is 3.05. The smallest absolute Gasteiger partial charge is 0.250 e. The molecule has 22 heavy (non-hydrogen) atoms. The number of rotatable bonds is 7. The topological polar surface area (TPSA) is 59.6 Å². The minimum Gasteiger partial charge on any atom is -0.488 e. The molecule has 0 spiro atoms. The summed E-state index contributed by atoms with van der Waals surface area (Å²) in [6, 6.07) is 5.36. The van der Waals surface area contributed by atoms with E-state index in [4.69, 9.17) is 21.1 Å². The second-order valence-corrected chi connectivity index (χ2v) is 5.08. The molecule has 1 amide bonds. The third kappa shape index (κ3) is 5.50. The zero-order valence-corrected chi connectivity index (χ0v) is 13.9. The highest BCUT2D eigenvalue weighted by atomic mass is 35.5. The molecule has 0 saturated heterocycles. The van der Waals surface area contributed by atoms with E-state index < -0.39 is 0 Å². The van der Waals surface area contributed by atoms with E-state index in [1.165, 1.54) is 0 Å². The number of halogens is 2. The molecule has 122 valence electrons. The van der Waals surface area contributed by atoms with E-state index in [1.54, 1.807) is 19.2 Å². The lowest BCUT2D eigenvalue weighted by Gasteiger charge is -2.17. The Morgan fingerprint density at radius 3 is 2.95 bits per heavy atom. The van der Waals surface area contributed by atoms with Crippen LogP contribution in [0, 0.1) is 0 Å². The molecule has 0 aromatic heterocycles. The molecule has 2 N–H and O–H groups in total. The van der Waals surface area contributed by atoms with E-state index in [9.17, 15) is 4.79 Å². The second-order valence-electron chi connectivity index (χ2n) is 4.64. The molecule has 1 aromatic rings. The maximum atomic E-state index is 12.0. The molecule has 0 unspecified atom stereocenters. The van der Waals surface area contributed by atoms with Crippen LogP contribution in [0.5, 0.6) is 5.75 Å². The number of hydrogen-bond acceptors (Lipinski definition) is 4. The molecule has 5 nitrogen and oxygen atoms in total. The lowest BCUT2D eigenvalue weighted by Crippen LogP contribution is -2.35. The number of nitrogens with one attached hydrogen (secondary N) is 2. The Morgan fingerprint density at radius 1 is 1.36 bits per heavy atom. The van der Waals surface area contributed by atoms with Crippen molar-refractivity contribution in [2.24, 2.45) is 0 Å². The fraction of sp³-hybridized carbons (Fsp3) is 0.400. The Bertz CT molecular complexity index is 536. The monoisotopic (exact) mass is 346 g/mol. The molecule has 7 heteroatoms. The molecule has 1 aliphatic rings. The fourth-order valence-corrected chi connectivity index (χ4v) is 2.14. The van der Waals surface area contributed by atoms with Crippen molar-refractivity contribution in [2.45, 2.75) is 0 Å². The Morgan fingerprint density at radius 2 is 2.18 bits per heavy atom. The van der Waals surface area contributed by atoms with Gasteiger partial charge in [-0.3, -0.25) is 4.79 Å². The Labute approximate surface area is 141 Å². The van der Waals surface area contributed by atoms with E-state index in [-0.39, 0.29) is 24.9 Å². The van der Waals surface area contributed by atoms with Crippen LogP contribution in [0.2, 0.25) is 5.02 Å². The molecule has 2 rings (SSSR count). The first-order chi connectivity index (χ1) is 10.2. The molecule has 0 bridgehead atoms. The summed E-state index contributed by atoms with van der Waals surface area (Å²) in [5, 5.41) is 6.63. The molecule has 0 atom stereocenters. The average molecular weight is 347 g/mol. The van der Waals surface area contributed by atoms with Crippen LogP contribution < -0.4 is 15.4 Å². The summed E-state index contributed by atoms with van der Waals surface area (Å²) in [7, 11) is 1.66. The zero-order valence-electron chi connectivity index (χ0n) is 12.4. The first-order valence-corrected chi connectivity index (χ1v) is 7.19. The van der Waals surface area contributed by atoms with Gasteiger partial charge in [0.15, 0.2) is 0 Å². The van der Waals surface area contributed by atoms with Gasteiger partial charge in [0.1, 0.15) is 12.4 Å². The van der Waals surface area contributed by atoms with Crippen molar-refractivity contribution in [1.29, 1.82) is 0 Å². The third-order valence-corrected chi connectivity index (χ3v) is 3.28. The van der Waals surface area contributed by atoms with Crippen molar-refractivity contribution in [3.8, 4) is 5.75 Å². The van der Waals surface area contributed by atoms with Crippen molar-refractivity contribution >= 4 is 36.0 Å². The van der Waals surface area contributed by atoms with Gasteiger partial charge < -0.3 is 20.1 Å². The SMILES string of the molecule is COCCNCCNC(=O)C1=Cc2cc(Cl)ccc2OC1.Cl. The number of ether oxygens (including phenoxy) is 2. The van der Waals surface area contributed by atoms with Gasteiger partial charge in [-0.2, -0.15) is 0 Å². The molecule has 1 aliphatic heterocycles. The van der Waals surface area contributed by atoms with Crippen LogP contribution in [0.4, 0.5) is 0 Å². The van der Waals surface area contributed by atoms with Crippen molar-refractivity contribution in [3.05, 3.63) is 34.4 Å². The van der Waals surface area contributed by atoms with Gasteiger partial charge in [0.05, 0.1) is 12.2 Å². The number of amides is 1. The van der Waals surface area contributed by atoms with Crippen LogP contribution in [-0.4, -0.2) is 45.9 Å². The Kier molecular flexibility index (Phi) is 8.27. The highest BCUT2D eigenvalue weighted by Gasteiger charge is 2.16. The predicted octanol–water partition coefficient (Wildman–Crippen LogP) is 1.89. The molecule has 0 radical (unpaired) electrons. The van der Waals surface area contributed by atoms with Gasteiger partial charge >= 0.3 is 0 Å². The normalized spacial score (nSPS) is 12.5. The van der Waals surface area contributed by atoms with E-state index >= 15 is 0 Å². The number of fused-ring (bicyclic) bond motifs is 1. The van der Waals surface area contributed by atoms with Gasteiger partial charge in [-0.15, -0.1) is 12.4 Å². The van der Waals surface area contributed by atoms with Gasteiger partial charge in [0, 0.05) is 37.3 Å². The van der Waals surface area contributed by atoms with E-state index in [0.29, 0.717) is 30.3 Å². The molecule has 0 aliphatic carbocycles. The van der Waals surface area contributed by atoms with Crippen molar-refractivity contribution in [1.82, 2.24) is 10.6 Å². The maximum Gasteiger partial charge on any atom is 0.250 e. The highest BCUT2D eigenvalue weighted by Crippen LogP contribution is 2.28. The standard InChI is InChI=1S/C15H19ClN2O3.ClH/c1-20-7-6-17-4-5-18-15(19)12-8-11-9-13(16)2-3-14(11)21-10-12;/h2-3,8-9,17H,4-7,10H2,1H3,(H,18,19);1H. The Hall–Kier alpha value is -1.27. The minimum absolute atomic E-state index is 0. The van der Waals surface area contributed by atoms with Crippen molar-refractivity contribution < 1.29 is 14.3 Å². The first-order valence-electron chi connectivity index (χ1n) is 6.81. The largest absolute Gasteiger partial charge is 0.488 e. The van der Waals surface area contributed by atoms with Gasteiger partial charge in [-0.25, -0.2) is 0 Å². The van der Waals surface area contributed by atoms with Crippen LogP contribution in [0.15, 0.2) is 23.8 Å². The lowest BCUT2D eigenvalue weighted by atomic mass is 10.1. The highest BCUT2D eigenvalue weighted by molar-refractivity contribution is 6.30. The molecule has 1 aromatic carbocycles. The Balaban J connectivity index is 0.00000242. The fourth-order valence-electron chi connectivity index (χ4n) is 1.96. The van der Waals surface area contributed by atoms with Crippen molar-refractivity contribution in [3.63, 3.8) is 0 Å². The first kappa shape index (κ1) is 18.8. The maximum absolute atomic E-state index is 12.0. The summed E-state index contributed by atoms with van der Waals surface area (Å²) in [6.07, 6.45) is 1.82. The summed E-state index contributed by atoms with van der Waals surface area (Å²) >= 11 is 5.94. The van der Waals surface area contributed by atoms with Crippen LogP contribution in [-0.2, 0) is 9.53 Å². The van der Waals surface area contributed by atoms with Crippen LogP contribution in [0.3, 0.4) is 0 Å². The van der Waals surface area contributed by atoms with Crippen LogP contribution in [0.1, 0.15) is 5.56 Å². The van der Waals surface area contributed by atoms with Crippen molar-refractivity contribution in [2.75, 3.05) is 40.0 Å². The van der Waals surface area contributed by atoms with Gasteiger partial charge in [-0.1, -0.05) is 11.6 Å². The van der Waals surface area contributed by atoms with E-state index in [1.807, 2.05) is 12.1 Å². The molecular weight excluding hydrogens is 327 g/mol. The summed E-state index contributed by atoms with van der Waals surface area (Å²) in [5.74, 6) is 0.631. The quantitative estimate of drug-likeness (QED) is 0.740. The van der Waals surface area contributed by atoms with E-state index in [0.717, 1.165) is 17.9 Å². The van der Waals surface area contributed by atoms with Gasteiger partial charge in [-0.05, 0) is 24.3 Å².